The minimum atomic E-state index is -4.45. The van der Waals surface area contributed by atoms with Crippen molar-refractivity contribution in [1.29, 1.82) is 0 Å². The van der Waals surface area contributed by atoms with E-state index in [1.165, 1.54) is 18.6 Å². The fourth-order valence-electron chi connectivity index (χ4n) is 6.05. The van der Waals surface area contributed by atoms with Crippen LogP contribution in [0.15, 0.2) is 85.6 Å². The van der Waals surface area contributed by atoms with Gasteiger partial charge in [-0.05, 0) is 42.2 Å². The lowest BCUT2D eigenvalue weighted by Gasteiger charge is -2.19. The van der Waals surface area contributed by atoms with Crippen LogP contribution in [0, 0.1) is 13.8 Å². The van der Waals surface area contributed by atoms with Gasteiger partial charge in [-0.25, -0.2) is 9.97 Å². The van der Waals surface area contributed by atoms with Crippen LogP contribution >= 0.6 is 0 Å². The highest BCUT2D eigenvalue weighted by Crippen LogP contribution is 2.42. The molecule has 262 valence electrons. The Morgan fingerprint density at radius 3 is 1.30 bits per heavy atom. The van der Waals surface area contributed by atoms with Crippen molar-refractivity contribution < 1.29 is 32.1 Å². The summed E-state index contributed by atoms with van der Waals surface area (Å²) in [6.07, 6.45) is 3.09. The van der Waals surface area contributed by atoms with E-state index in [0.29, 0.717) is 24.2 Å². The van der Waals surface area contributed by atoms with Crippen molar-refractivity contribution in [2.75, 3.05) is 28.4 Å². The number of methoxy groups -OCH3 is 4. The molecule has 0 saturated carbocycles. The molecule has 6 rings (SSSR count). The summed E-state index contributed by atoms with van der Waals surface area (Å²) < 4.78 is 60.7. The molecule has 0 bridgehead atoms. The number of benzene rings is 4. The quantitative estimate of drug-likeness (QED) is 0.158. The van der Waals surface area contributed by atoms with Crippen molar-refractivity contribution in [3.05, 3.63) is 125 Å². The zero-order valence-corrected chi connectivity index (χ0v) is 29.6. The summed E-state index contributed by atoms with van der Waals surface area (Å²) in [5.41, 5.74) is 4.75. The molecular weight excluding hydrogens is 643 g/mol. The number of rotatable bonds is 8. The Labute approximate surface area is 291 Å². The molecule has 6 aromatic rings. The maximum atomic E-state index is 12.7. The molecule has 0 saturated heterocycles. The highest BCUT2D eigenvalue weighted by atomic mass is 19.4. The van der Waals surface area contributed by atoms with E-state index in [-0.39, 0.29) is 0 Å². The van der Waals surface area contributed by atoms with Crippen molar-refractivity contribution in [2.45, 2.75) is 46.7 Å². The molecule has 2 heterocycles. The van der Waals surface area contributed by atoms with Crippen LogP contribution in [0.5, 0.6) is 23.0 Å². The maximum absolute atomic E-state index is 12.7. The molecule has 0 aliphatic heterocycles. The van der Waals surface area contributed by atoms with Gasteiger partial charge in [-0.2, -0.15) is 13.2 Å². The summed E-state index contributed by atoms with van der Waals surface area (Å²) in [6.45, 7) is 7.98. The molecular formula is C40H42F3N3O4. The van der Waals surface area contributed by atoms with Gasteiger partial charge in [0.05, 0.1) is 28.4 Å². The second-order valence-corrected chi connectivity index (χ2v) is 11.1. The number of aromatic nitrogens is 3. The van der Waals surface area contributed by atoms with Gasteiger partial charge in [-0.3, -0.25) is 4.98 Å². The van der Waals surface area contributed by atoms with E-state index in [4.69, 9.17) is 18.9 Å². The number of nitrogens with zero attached hydrogens (tertiary/aromatic N) is 3. The number of fused-ring (bicyclic) bond motifs is 2. The zero-order valence-electron chi connectivity index (χ0n) is 29.6. The Morgan fingerprint density at radius 1 is 0.540 bits per heavy atom. The van der Waals surface area contributed by atoms with Crippen molar-refractivity contribution in [3.63, 3.8) is 0 Å². The predicted octanol–water partition coefficient (Wildman–Crippen LogP) is 9.74. The third-order valence-corrected chi connectivity index (χ3v) is 8.27. The molecule has 10 heteroatoms. The smallest absolute Gasteiger partial charge is 0.433 e. The predicted molar refractivity (Wildman–Crippen MR) is 192 cm³/mol. The Bertz CT molecular complexity index is 2030. The van der Waals surface area contributed by atoms with Gasteiger partial charge in [0.2, 0.25) is 0 Å². The van der Waals surface area contributed by atoms with Gasteiger partial charge in [-0.15, -0.1) is 0 Å². The lowest BCUT2D eigenvalue weighted by Crippen LogP contribution is -2.08. The fourth-order valence-corrected chi connectivity index (χ4v) is 6.05. The number of hydrogen-bond acceptors (Lipinski definition) is 7. The minimum Gasteiger partial charge on any atom is -0.496 e. The van der Waals surface area contributed by atoms with Crippen molar-refractivity contribution in [1.82, 2.24) is 15.0 Å². The van der Waals surface area contributed by atoms with Crippen LogP contribution in [0.1, 0.15) is 52.9 Å². The SMILES string of the molecule is CC.COc1c(C)c(Cc2ccc(C(F)(F)F)nc2)c(OC)c2ccccc12.COc1c(C)c(Cc2cncnc2)c(OC)c2ccccc12. The number of ether oxygens (including phenoxy) is 4. The Balaban J connectivity index is 0.000000217. The second-order valence-electron chi connectivity index (χ2n) is 11.1. The molecule has 2 aromatic heterocycles. The van der Waals surface area contributed by atoms with E-state index >= 15 is 0 Å². The second kappa shape index (κ2) is 16.8. The summed E-state index contributed by atoms with van der Waals surface area (Å²) in [7, 11) is 6.60. The van der Waals surface area contributed by atoms with E-state index in [0.717, 1.165) is 72.7 Å². The van der Waals surface area contributed by atoms with Crippen LogP contribution in [-0.4, -0.2) is 43.4 Å². The monoisotopic (exact) mass is 685 g/mol. The summed E-state index contributed by atoms with van der Waals surface area (Å²) in [5, 5.41) is 3.94. The largest absolute Gasteiger partial charge is 0.496 e. The molecule has 0 spiro atoms. The maximum Gasteiger partial charge on any atom is 0.433 e. The van der Waals surface area contributed by atoms with Gasteiger partial charge < -0.3 is 18.9 Å². The molecule has 0 radical (unpaired) electrons. The van der Waals surface area contributed by atoms with Crippen molar-refractivity contribution >= 4 is 21.5 Å². The van der Waals surface area contributed by atoms with Crippen LogP contribution in [0.3, 0.4) is 0 Å². The lowest BCUT2D eigenvalue weighted by molar-refractivity contribution is -0.141. The molecule has 0 aliphatic rings. The standard InChI is InChI=1S/C20H18F3NO2.C18H18N2O2.C2H6/c1-12-16(10-13-8-9-17(24-11-13)20(21,22)23)19(26-3)15-7-5-4-6-14(15)18(12)25-2;1-12-16(8-13-9-19-11-20-10-13)18(22-3)15-7-5-4-6-14(15)17(12)21-2;1-2/h4-9,11H,10H2,1-3H3;4-7,9-11H,8H2,1-3H3;1-2H3. The van der Waals surface area contributed by atoms with Gasteiger partial charge >= 0.3 is 6.18 Å². The van der Waals surface area contributed by atoms with Crippen LogP contribution < -0.4 is 18.9 Å². The van der Waals surface area contributed by atoms with Crippen LogP contribution in [0.25, 0.3) is 21.5 Å². The number of halogens is 3. The average molecular weight is 686 g/mol. The van der Waals surface area contributed by atoms with E-state index < -0.39 is 11.9 Å². The summed E-state index contributed by atoms with van der Waals surface area (Å²) in [5.74, 6) is 3.20. The van der Waals surface area contributed by atoms with E-state index in [1.807, 2.05) is 69.6 Å². The number of hydrogen-bond donors (Lipinski definition) is 0. The normalized spacial score (nSPS) is 10.9. The molecule has 0 fully saturated rings. The van der Waals surface area contributed by atoms with Crippen LogP contribution in [-0.2, 0) is 19.0 Å². The first-order valence-electron chi connectivity index (χ1n) is 16.1. The third kappa shape index (κ3) is 7.91. The molecule has 7 nitrogen and oxygen atoms in total. The van der Waals surface area contributed by atoms with Gasteiger partial charge in [0, 0.05) is 64.1 Å². The van der Waals surface area contributed by atoms with E-state index in [9.17, 15) is 13.2 Å². The van der Waals surface area contributed by atoms with Gasteiger partial charge in [0.1, 0.15) is 35.0 Å². The fraction of sp³-hybridized carbons (Fsp3) is 0.275. The van der Waals surface area contributed by atoms with E-state index in [1.54, 1.807) is 28.4 Å². The van der Waals surface area contributed by atoms with E-state index in [2.05, 4.69) is 34.0 Å². The summed E-state index contributed by atoms with van der Waals surface area (Å²) in [6, 6.07) is 18.3. The first-order valence-corrected chi connectivity index (χ1v) is 16.1. The van der Waals surface area contributed by atoms with Gasteiger partial charge in [0.15, 0.2) is 0 Å². The first kappa shape index (κ1) is 37.4. The van der Waals surface area contributed by atoms with Crippen LogP contribution in [0.4, 0.5) is 13.2 Å². The molecule has 0 atom stereocenters. The number of pyridine rings is 1. The average Bonchev–Trinajstić information content (AvgIpc) is 3.14. The summed E-state index contributed by atoms with van der Waals surface area (Å²) >= 11 is 0. The molecule has 0 N–H and O–H groups in total. The topological polar surface area (TPSA) is 75.6 Å². The van der Waals surface area contributed by atoms with Gasteiger partial charge in [-0.1, -0.05) is 68.4 Å². The first-order chi connectivity index (χ1) is 24.1. The molecule has 0 unspecified atom stereocenters. The number of alkyl halides is 3. The Hall–Kier alpha value is -5.38. The molecule has 4 aromatic carbocycles. The highest BCUT2D eigenvalue weighted by molar-refractivity contribution is 5.97. The zero-order chi connectivity index (χ0) is 36.4. The van der Waals surface area contributed by atoms with Gasteiger partial charge in [0.25, 0.3) is 0 Å². The van der Waals surface area contributed by atoms with Crippen molar-refractivity contribution in [3.8, 4) is 23.0 Å². The van der Waals surface area contributed by atoms with Crippen molar-refractivity contribution in [2.24, 2.45) is 0 Å². The minimum absolute atomic E-state index is 0.390. The summed E-state index contributed by atoms with van der Waals surface area (Å²) in [4.78, 5) is 11.7. The molecule has 0 amide bonds. The molecule has 50 heavy (non-hydrogen) atoms. The third-order valence-electron chi connectivity index (χ3n) is 8.27. The van der Waals surface area contributed by atoms with Crippen LogP contribution in [0.2, 0.25) is 0 Å². The Morgan fingerprint density at radius 2 is 0.940 bits per heavy atom. The molecule has 0 aliphatic carbocycles. The lowest BCUT2D eigenvalue weighted by atomic mass is 9.94. The Kier molecular flexibility index (Phi) is 12.6. The highest BCUT2D eigenvalue weighted by Gasteiger charge is 2.32.